The van der Waals surface area contributed by atoms with Crippen LogP contribution < -0.4 is 6.15 Å². The van der Waals surface area contributed by atoms with Gasteiger partial charge in [0.2, 0.25) is 0 Å². The molecule has 0 aromatic heterocycles. The minimum Gasteiger partial charge on any atom is -0.465 e. The van der Waals surface area contributed by atoms with E-state index in [4.69, 9.17) is 4.74 Å². The molecule has 0 spiro atoms. The van der Waals surface area contributed by atoms with Crippen LogP contribution in [0.15, 0.2) is 0 Å². The number of carbonyl (C=O) groups is 1. The number of carbonyl (C=O) groups excluding carboxylic acids is 1. The summed E-state index contributed by atoms with van der Waals surface area (Å²) < 4.78 is 5.63. The maximum absolute atomic E-state index is 12.7. The first-order chi connectivity index (χ1) is 10.2. The molecule has 0 bridgehead atoms. The molecule has 0 unspecified atom stereocenters. The Balaban J connectivity index is 0. The van der Waals surface area contributed by atoms with Crippen molar-refractivity contribution in [2.45, 2.75) is 105 Å². The summed E-state index contributed by atoms with van der Waals surface area (Å²) in [6.45, 7) is 9.37. The fourth-order valence-electron chi connectivity index (χ4n) is 2.89. The lowest BCUT2D eigenvalue weighted by atomic mass is 9.74. The van der Waals surface area contributed by atoms with Gasteiger partial charge in [-0.25, -0.2) is 0 Å². The number of rotatable bonds is 14. The van der Waals surface area contributed by atoms with Gasteiger partial charge >= 0.3 is 5.97 Å². The zero-order chi connectivity index (χ0) is 16.0. The predicted molar refractivity (Wildman–Crippen MR) is 96.5 cm³/mol. The molecule has 0 amide bonds. The van der Waals surface area contributed by atoms with Gasteiger partial charge < -0.3 is 10.9 Å². The third-order valence-corrected chi connectivity index (χ3v) is 4.44. The quantitative estimate of drug-likeness (QED) is 0.296. The second kappa shape index (κ2) is 15.3. The van der Waals surface area contributed by atoms with Crippen molar-refractivity contribution in [3.63, 3.8) is 0 Å². The van der Waals surface area contributed by atoms with Gasteiger partial charge in [0.05, 0.1) is 12.0 Å². The molecule has 0 rings (SSSR count). The van der Waals surface area contributed by atoms with Crippen molar-refractivity contribution in [1.29, 1.82) is 0 Å². The van der Waals surface area contributed by atoms with Gasteiger partial charge in [0.15, 0.2) is 0 Å². The van der Waals surface area contributed by atoms with Gasteiger partial charge in [-0.15, -0.1) is 0 Å². The first-order valence-corrected chi connectivity index (χ1v) is 9.34. The zero-order valence-electron chi connectivity index (χ0n) is 15.7. The summed E-state index contributed by atoms with van der Waals surface area (Å²) in [7, 11) is 0. The summed E-state index contributed by atoms with van der Waals surface area (Å²) in [5, 5.41) is 0. The summed E-state index contributed by atoms with van der Waals surface area (Å²) in [5.74, 6) is 0.0916. The van der Waals surface area contributed by atoms with E-state index in [1.54, 1.807) is 0 Å². The molecule has 0 aliphatic rings. The number of esters is 1. The van der Waals surface area contributed by atoms with E-state index in [2.05, 4.69) is 27.7 Å². The average Bonchev–Trinajstić information content (AvgIpc) is 2.50. The smallest absolute Gasteiger partial charge is 0.312 e. The molecule has 0 aromatic rings. The Morgan fingerprint density at radius 2 is 1.18 bits per heavy atom. The normalized spacial score (nSPS) is 11.1. The van der Waals surface area contributed by atoms with E-state index in [0.29, 0.717) is 6.61 Å². The van der Waals surface area contributed by atoms with Gasteiger partial charge in [-0.2, -0.15) is 0 Å². The van der Waals surface area contributed by atoms with Gasteiger partial charge in [-0.1, -0.05) is 79.1 Å². The Hall–Kier alpha value is -0.570. The van der Waals surface area contributed by atoms with E-state index in [1.165, 1.54) is 12.8 Å². The number of hydrogen-bond acceptors (Lipinski definition) is 3. The molecule has 3 nitrogen and oxygen atoms in total. The number of unbranched alkanes of at least 4 members (excludes halogenated alkanes) is 5. The van der Waals surface area contributed by atoms with E-state index in [1.807, 2.05) is 0 Å². The van der Waals surface area contributed by atoms with Crippen LogP contribution in [0.4, 0.5) is 0 Å². The van der Waals surface area contributed by atoms with Crippen molar-refractivity contribution in [3.8, 4) is 0 Å². The van der Waals surface area contributed by atoms with Gasteiger partial charge in [0.25, 0.3) is 0 Å². The van der Waals surface area contributed by atoms with E-state index in [-0.39, 0.29) is 17.5 Å². The van der Waals surface area contributed by atoms with E-state index in [0.717, 1.165) is 64.2 Å². The molecule has 0 saturated carbocycles. The van der Waals surface area contributed by atoms with Crippen molar-refractivity contribution in [3.05, 3.63) is 0 Å². The highest BCUT2D eigenvalue weighted by Gasteiger charge is 2.37. The fraction of sp³-hybridized carbons (Fsp3) is 0.947. The van der Waals surface area contributed by atoms with Gasteiger partial charge in [-0.05, 0) is 25.7 Å². The summed E-state index contributed by atoms with van der Waals surface area (Å²) in [6.07, 6.45) is 13.3. The molecule has 0 aromatic carbocycles. The van der Waals surface area contributed by atoms with Crippen molar-refractivity contribution >= 4 is 5.97 Å². The maximum Gasteiger partial charge on any atom is 0.312 e. The van der Waals surface area contributed by atoms with Crippen LogP contribution in [-0.4, -0.2) is 12.6 Å². The molecule has 3 N–H and O–H groups in total. The standard InChI is InChI=1S/C19H38O2.H3N/c1-5-9-13-16-19(14-10-6-2,15-11-7-3)18(20)21-17-12-8-4;/h5-17H2,1-4H3;1H3. The predicted octanol–water partition coefficient (Wildman–Crippen LogP) is 6.44. The lowest BCUT2D eigenvalue weighted by Crippen LogP contribution is -2.33. The molecule has 134 valence electrons. The van der Waals surface area contributed by atoms with Gasteiger partial charge in [0.1, 0.15) is 0 Å². The molecule has 0 heterocycles. The van der Waals surface area contributed by atoms with E-state index in [9.17, 15) is 4.79 Å². The highest BCUT2D eigenvalue weighted by molar-refractivity contribution is 5.76. The minimum atomic E-state index is -0.199. The second-order valence-corrected chi connectivity index (χ2v) is 6.43. The van der Waals surface area contributed by atoms with E-state index >= 15 is 0 Å². The summed E-state index contributed by atoms with van der Waals surface area (Å²) in [6, 6.07) is 0. The Labute approximate surface area is 139 Å². The third kappa shape index (κ3) is 9.45. The van der Waals surface area contributed by atoms with Gasteiger partial charge in [0, 0.05) is 0 Å². The number of ether oxygens (including phenoxy) is 1. The van der Waals surface area contributed by atoms with Crippen LogP contribution in [0.1, 0.15) is 105 Å². The molecule has 0 radical (unpaired) electrons. The Morgan fingerprint density at radius 3 is 1.64 bits per heavy atom. The highest BCUT2D eigenvalue weighted by Crippen LogP contribution is 2.38. The van der Waals surface area contributed by atoms with Crippen LogP contribution in [-0.2, 0) is 9.53 Å². The SMILES string of the molecule is CCCCCC(CCCC)(CCCC)C(=O)OCCCC.N. The molecule has 0 saturated heterocycles. The topological polar surface area (TPSA) is 61.3 Å². The molecule has 0 fully saturated rings. The van der Waals surface area contributed by atoms with Gasteiger partial charge in [-0.3, -0.25) is 4.79 Å². The van der Waals surface area contributed by atoms with Crippen LogP contribution in [0.25, 0.3) is 0 Å². The lowest BCUT2D eigenvalue weighted by Gasteiger charge is -2.32. The summed E-state index contributed by atoms with van der Waals surface area (Å²) >= 11 is 0. The van der Waals surface area contributed by atoms with Crippen LogP contribution in [0.5, 0.6) is 0 Å². The first-order valence-electron chi connectivity index (χ1n) is 9.34. The monoisotopic (exact) mass is 315 g/mol. The Morgan fingerprint density at radius 1 is 0.727 bits per heavy atom. The van der Waals surface area contributed by atoms with Crippen LogP contribution in [0, 0.1) is 5.41 Å². The minimum absolute atomic E-state index is 0. The summed E-state index contributed by atoms with van der Waals surface area (Å²) in [4.78, 5) is 12.7. The van der Waals surface area contributed by atoms with Crippen molar-refractivity contribution in [2.24, 2.45) is 5.41 Å². The van der Waals surface area contributed by atoms with Crippen molar-refractivity contribution < 1.29 is 9.53 Å². The largest absolute Gasteiger partial charge is 0.465 e. The molecular formula is C19H41NO2. The van der Waals surface area contributed by atoms with Crippen LogP contribution >= 0.6 is 0 Å². The molecular weight excluding hydrogens is 274 g/mol. The molecule has 0 aliphatic carbocycles. The fourth-order valence-corrected chi connectivity index (χ4v) is 2.89. The Kier molecular flexibility index (Phi) is 16.5. The zero-order valence-corrected chi connectivity index (χ0v) is 15.7. The second-order valence-electron chi connectivity index (χ2n) is 6.43. The van der Waals surface area contributed by atoms with Crippen LogP contribution in [0.2, 0.25) is 0 Å². The lowest BCUT2D eigenvalue weighted by molar-refractivity contribution is -0.158. The van der Waals surface area contributed by atoms with Crippen molar-refractivity contribution in [2.75, 3.05) is 6.61 Å². The molecule has 3 heteroatoms. The Bertz CT molecular complexity index is 246. The number of hydrogen-bond donors (Lipinski definition) is 1. The maximum atomic E-state index is 12.7. The van der Waals surface area contributed by atoms with Crippen LogP contribution in [0.3, 0.4) is 0 Å². The molecule has 22 heavy (non-hydrogen) atoms. The van der Waals surface area contributed by atoms with Crippen molar-refractivity contribution in [1.82, 2.24) is 6.15 Å². The third-order valence-electron chi connectivity index (χ3n) is 4.44. The highest BCUT2D eigenvalue weighted by atomic mass is 16.5. The molecule has 0 atom stereocenters. The summed E-state index contributed by atoms with van der Waals surface area (Å²) in [5.41, 5.74) is -0.199. The first kappa shape index (κ1) is 23.7. The van der Waals surface area contributed by atoms with E-state index < -0.39 is 0 Å². The molecule has 0 aliphatic heterocycles. The average molecular weight is 316 g/mol.